The number of methoxy groups -OCH3 is 1. The predicted molar refractivity (Wildman–Crippen MR) is 147 cm³/mol. The zero-order chi connectivity index (χ0) is 26.7. The first-order chi connectivity index (χ1) is 17.7. The Kier molecular flexibility index (Phi) is 7.99. The largest absolute Gasteiger partial charge is 0.497 e. The number of aromatic nitrogens is 2. The van der Waals surface area contributed by atoms with Gasteiger partial charge in [0.2, 0.25) is 5.88 Å². The number of amides is 1. The summed E-state index contributed by atoms with van der Waals surface area (Å²) < 4.78 is 13.4. The molecule has 1 aliphatic heterocycles. The van der Waals surface area contributed by atoms with E-state index in [2.05, 4.69) is 5.10 Å². The summed E-state index contributed by atoms with van der Waals surface area (Å²) in [6.45, 7) is 5.51. The van der Waals surface area contributed by atoms with Gasteiger partial charge in [0.15, 0.2) is 0 Å². The molecule has 1 fully saturated rings. The van der Waals surface area contributed by atoms with Crippen molar-refractivity contribution in [1.29, 1.82) is 0 Å². The van der Waals surface area contributed by atoms with Crippen molar-refractivity contribution in [3.05, 3.63) is 70.8 Å². The fourth-order valence-electron chi connectivity index (χ4n) is 3.96. The van der Waals surface area contributed by atoms with Crippen molar-refractivity contribution in [3.63, 3.8) is 0 Å². The molecule has 0 radical (unpaired) electrons. The van der Waals surface area contributed by atoms with Crippen molar-refractivity contribution in [2.75, 3.05) is 7.11 Å². The zero-order valence-electron chi connectivity index (χ0n) is 20.9. The van der Waals surface area contributed by atoms with E-state index in [9.17, 15) is 14.7 Å². The lowest BCUT2D eigenvalue weighted by atomic mass is 9.98. The van der Waals surface area contributed by atoms with Crippen LogP contribution in [0.15, 0.2) is 59.5 Å². The average Bonchev–Trinajstić information content (AvgIpc) is 3.35. The van der Waals surface area contributed by atoms with Gasteiger partial charge in [-0.05, 0) is 55.3 Å². The number of thiocarbonyl (C=S) groups is 1. The first-order valence-corrected chi connectivity index (χ1v) is 12.9. The molecule has 1 aliphatic rings. The van der Waals surface area contributed by atoms with Gasteiger partial charge in [-0.25, -0.2) is 4.79 Å². The minimum absolute atomic E-state index is 0.217. The van der Waals surface area contributed by atoms with E-state index in [0.717, 1.165) is 17.4 Å². The number of hydrogen-bond acceptors (Lipinski definition) is 7. The maximum atomic E-state index is 13.4. The van der Waals surface area contributed by atoms with E-state index in [1.807, 2.05) is 44.2 Å². The topological polar surface area (TPSA) is 93.9 Å². The Balaban J connectivity index is 1.78. The average molecular weight is 538 g/mol. The molecular weight excluding hydrogens is 510 g/mol. The molecule has 4 rings (SSSR count). The lowest BCUT2D eigenvalue weighted by molar-refractivity contribution is -0.147. The van der Waals surface area contributed by atoms with Gasteiger partial charge in [-0.2, -0.15) is 9.78 Å². The highest BCUT2D eigenvalue weighted by molar-refractivity contribution is 8.26. The quantitative estimate of drug-likeness (QED) is 0.275. The summed E-state index contributed by atoms with van der Waals surface area (Å²) >= 11 is 6.53. The van der Waals surface area contributed by atoms with Crippen molar-refractivity contribution in [1.82, 2.24) is 14.7 Å². The van der Waals surface area contributed by atoms with Crippen molar-refractivity contribution in [2.45, 2.75) is 33.2 Å². The van der Waals surface area contributed by atoms with E-state index in [1.54, 1.807) is 49.1 Å². The Morgan fingerprint density at radius 1 is 1.16 bits per heavy atom. The number of carboxylic acid groups (broad SMARTS) is 1. The lowest BCUT2D eigenvalue weighted by Gasteiger charge is -2.27. The molecule has 37 heavy (non-hydrogen) atoms. The van der Waals surface area contributed by atoms with Crippen LogP contribution < -0.4 is 9.47 Å². The van der Waals surface area contributed by atoms with E-state index in [0.29, 0.717) is 40.0 Å². The summed E-state index contributed by atoms with van der Waals surface area (Å²) in [5, 5.41) is 14.5. The number of ether oxygens (including phenoxy) is 2. The number of benzene rings is 2. The fraction of sp³-hybridized carbons (Fsp3) is 0.259. The van der Waals surface area contributed by atoms with E-state index in [-0.39, 0.29) is 10.2 Å². The second-order valence-electron chi connectivity index (χ2n) is 8.55. The number of aliphatic carboxylic acids is 1. The van der Waals surface area contributed by atoms with Crippen LogP contribution in [0.1, 0.15) is 31.5 Å². The Labute approximate surface area is 224 Å². The molecule has 3 aromatic rings. The Morgan fingerprint density at radius 2 is 1.81 bits per heavy atom. The normalized spacial score (nSPS) is 16.2. The molecule has 2 heterocycles. The van der Waals surface area contributed by atoms with Gasteiger partial charge in [-0.15, -0.1) is 0 Å². The maximum Gasteiger partial charge on any atom is 0.327 e. The predicted octanol–water partition coefficient (Wildman–Crippen LogP) is 5.68. The molecule has 2 atom stereocenters. The Bertz CT molecular complexity index is 1350. The van der Waals surface area contributed by atoms with Crippen LogP contribution in [0.25, 0.3) is 11.8 Å². The Hall–Kier alpha value is -3.63. The van der Waals surface area contributed by atoms with E-state index in [1.165, 1.54) is 4.90 Å². The molecule has 0 aliphatic carbocycles. The smallest absolute Gasteiger partial charge is 0.327 e. The summed E-state index contributed by atoms with van der Waals surface area (Å²) in [6, 6.07) is 15.6. The number of thioether (sulfide) groups is 1. The number of aryl methyl sites for hydroxylation is 1. The van der Waals surface area contributed by atoms with Gasteiger partial charge in [0.25, 0.3) is 5.91 Å². The molecule has 1 N–H and O–H groups in total. The highest BCUT2D eigenvalue weighted by atomic mass is 32.2. The van der Waals surface area contributed by atoms with Gasteiger partial charge < -0.3 is 14.6 Å². The van der Waals surface area contributed by atoms with Crippen LogP contribution in [0, 0.1) is 12.8 Å². The van der Waals surface area contributed by atoms with Crippen LogP contribution in [-0.2, 0) is 9.59 Å². The third-order valence-corrected chi connectivity index (χ3v) is 7.48. The molecule has 1 saturated heterocycles. The second-order valence-corrected chi connectivity index (χ2v) is 10.2. The first kappa shape index (κ1) is 26.4. The lowest BCUT2D eigenvalue weighted by Crippen LogP contribution is -2.47. The van der Waals surface area contributed by atoms with E-state index >= 15 is 0 Å². The number of hydrogen-bond donors (Lipinski definition) is 1. The van der Waals surface area contributed by atoms with Crippen LogP contribution in [0.4, 0.5) is 0 Å². The fourth-order valence-corrected chi connectivity index (χ4v) is 5.28. The van der Waals surface area contributed by atoms with Gasteiger partial charge >= 0.3 is 5.97 Å². The number of carbonyl (C=O) groups excluding carboxylic acids is 1. The molecule has 1 aromatic heterocycles. The summed E-state index contributed by atoms with van der Waals surface area (Å²) in [5.74, 6) is -0.124. The third kappa shape index (κ3) is 5.40. The van der Waals surface area contributed by atoms with Gasteiger partial charge in [0.05, 0.1) is 29.0 Å². The standard InChI is InChI=1S/C27H27N3O5S2/c1-5-16(2)23(26(32)33)29-24(31)22(37-27(29)36)15-21-17(3)28-30(18-9-7-6-8-10-18)25(21)35-20-13-11-19(34-4)12-14-20/h6-16,23H,5H2,1-4H3,(H,32,33)/b22-15-/t16?,23-/m0/s1. The number of rotatable bonds is 9. The van der Waals surface area contributed by atoms with Crippen molar-refractivity contribution in [3.8, 4) is 23.1 Å². The van der Waals surface area contributed by atoms with Crippen molar-refractivity contribution in [2.24, 2.45) is 5.92 Å². The van der Waals surface area contributed by atoms with Crippen LogP contribution in [0.3, 0.4) is 0 Å². The molecule has 192 valence electrons. The van der Waals surface area contributed by atoms with Crippen LogP contribution in [-0.4, -0.2) is 49.1 Å². The van der Waals surface area contributed by atoms with Gasteiger partial charge in [0, 0.05) is 0 Å². The molecular formula is C27H27N3O5S2. The number of carboxylic acids is 1. The number of para-hydroxylation sites is 1. The second kappa shape index (κ2) is 11.2. The minimum Gasteiger partial charge on any atom is -0.497 e. The van der Waals surface area contributed by atoms with Crippen molar-refractivity contribution >= 4 is 46.3 Å². The molecule has 10 heteroatoms. The summed E-state index contributed by atoms with van der Waals surface area (Å²) in [5.41, 5.74) is 2.01. The molecule has 1 amide bonds. The van der Waals surface area contributed by atoms with E-state index in [4.69, 9.17) is 21.7 Å². The van der Waals surface area contributed by atoms with Gasteiger partial charge in [0.1, 0.15) is 21.9 Å². The third-order valence-electron chi connectivity index (χ3n) is 6.15. The molecule has 2 aromatic carbocycles. The first-order valence-electron chi connectivity index (χ1n) is 11.7. The molecule has 1 unspecified atom stereocenters. The van der Waals surface area contributed by atoms with Gasteiger partial charge in [-0.1, -0.05) is 62.4 Å². The van der Waals surface area contributed by atoms with Crippen molar-refractivity contribution < 1.29 is 24.2 Å². The minimum atomic E-state index is -1.08. The number of carbonyl (C=O) groups is 2. The molecule has 0 spiro atoms. The zero-order valence-corrected chi connectivity index (χ0v) is 22.5. The Morgan fingerprint density at radius 3 is 2.41 bits per heavy atom. The highest BCUT2D eigenvalue weighted by Gasteiger charge is 2.42. The van der Waals surface area contributed by atoms with Gasteiger partial charge in [-0.3, -0.25) is 9.69 Å². The monoisotopic (exact) mass is 537 g/mol. The molecule has 8 nitrogen and oxygen atoms in total. The highest BCUT2D eigenvalue weighted by Crippen LogP contribution is 2.39. The van der Waals surface area contributed by atoms with E-state index < -0.39 is 17.9 Å². The molecule has 0 bridgehead atoms. The summed E-state index contributed by atoms with van der Waals surface area (Å²) in [4.78, 5) is 27.0. The van der Waals surface area contributed by atoms with Crippen LogP contribution in [0.5, 0.6) is 17.4 Å². The summed E-state index contributed by atoms with van der Waals surface area (Å²) in [6.07, 6.45) is 2.27. The number of nitrogens with zero attached hydrogens (tertiary/aromatic N) is 3. The SMILES string of the molecule is CCC(C)[C@@H](C(=O)O)N1C(=O)/C(=C/c2c(C)nn(-c3ccccc3)c2Oc2ccc(OC)cc2)SC1=S. The molecule has 0 saturated carbocycles. The maximum absolute atomic E-state index is 13.4. The van der Waals surface area contributed by atoms with Crippen LogP contribution in [0.2, 0.25) is 0 Å². The van der Waals surface area contributed by atoms with Crippen LogP contribution >= 0.6 is 24.0 Å². The summed E-state index contributed by atoms with van der Waals surface area (Å²) in [7, 11) is 1.59.